The van der Waals surface area contributed by atoms with Crippen LogP contribution in [0.3, 0.4) is 0 Å². The molecular weight excluding hydrogens is 262 g/mol. The third-order valence-corrected chi connectivity index (χ3v) is 4.36. The molecule has 3 rings (SSSR count). The van der Waals surface area contributed by atoms with E-state index in [0.29, 0.717) is 6.04 Å². The molecular formula is C14H20ClN3O. The van der Waals surface area contributed by atoms with E-state index in [1.165, 1.54) is 6.42 Å². The van der Waals surface area contributed by atoms with Crippen molar-refractivity contribution in [2.75, 3.05) is 50.0 Å². The van der Waals surface area contributed by atoms with E-state index in [2.05, 4.69) is 9.80 Å². The van der Waals surface area contributed by atoms with Gasteiger partial charge in [-0.3, -0.25) is 4.90 Å². The van der Waals surface area contributed by atoms with Gasteiger partial charge < -0.3 is 15.4 Å². The summed E-state index contributed by atoms with van der Waals surface area (Å²) in [5, 5.41) is 0.752. The number of nitrogens with zero attached hydrogens (tertiary/aromatic N) is 2. The van der Waals surface area contributed by atoms with Crippen LogP contribution in [0, 0.1) is 0 Å². The van der Waals surface area contributed by atoms with Crippen molar-refractivity contribution in [3.63, 3.8) is 0 Å². The molecule has 4 nitrogen and oxygen atoms in total. The molecule has 0 aromatic heterocycles. The second kappa shape index (κ2) is 5.57. The number of morpholine rings is 1. The summed E-state index contributed by atoms with van der Waals surface area (Å²) in [7, 11) is 0. The first-order valence-corrected chi connectivity index (χ1v) is 7.24. The summed E-state index contributed by atoms with van der Waals surface area (Å²) in [6, 6.07) is 6.33. The van der Waals surface area contributed by atoms with Crippen molar-refractivity contribution in [1.29, 1.82) is 0 Å². The molecule has 1 aromatic carbocycles. The Bertz CT molecular complexity index is 428. The maximum atomic E-state index is 6.29. The SMILES string of the molecule is Nc1cccc(Cl)c1N1CCC(N2CCOCC2)C1. The highest BCUT2D eigenvalue weighted by Gasteiger charge is 2.30. The van der Waals surface area contributed by atoms with Crippen LogP contribution in [0.15, 0.2) is 18.2 Å². The largest absolute Gasteiger partial charge is 0.397 e. The molecule has 0 spiro atoms. The normalized spacial score (nSPS) is 24.9. The number of hydrogen-bond donors (Lipinski definition) is 1. The van der Waals surface area contributed by atoms with E-state index >= 15 is 0 Å². The van der Waals surface area contributed by atoms with Crippen molar-refractivity contribution in [1.82, 2.24) is 4.90 Å². The van der Waals surface area contributed by atoms with E-state index in [4.69, 9.17) is 22.1 Å². The molecule has 5 heteroatoms. The summed E-state index contributed by atoms with van der Waals surface area (Å²) >= 11 is 6.29. The molecule has 2 aliphatic rings. The third kappa shape index (κ3) is 2.66. The Balaban J connectivity index is 1.71. The standard InChI is InChI=1S/C14H20ClN3O/c15-12-2-1-3-13(16)14(12)18-5-4-11(10-18)17-6-8-19-9-7-17/h1-3,11H,4-10,16H2. The molecule has 0 bridgehead atoms. The molecule has 2 heterocycles. The minimum absolute atomic E-state index is 0.597. The van der Waals surface area contributed by atoms with Crippen LogP contribution in [0.2, 0.25) is 5.02 Å². The number of hydrogen-bond acceptors (Lipinski definition) is 4. The molecule has 1 atom stereocenters. The monoisotopic (exact) mass is 281 g/mol. The van der Waals surface area contributed by atoms with Gasteiger partial charge in [0, 0.05) is 32.2 Å². The fraction of sp³-hybridized carbons (Fsp3) is 0.571. The molecule has 104 valence electrons. The zero-order valence-corrected chi connectivity index (χ0v) is 11.8. The van der Waals surface area contributed by atoms with Crippen molar-refractivity contribution >= 4 is 23.0 Å². The van der Waals surface area contributed by atoms with Gasteiger partial charge in [-0.25, -0.2) is 0 Å². The number of benzene rings is 1. The second-order valence-corrected chi connectivity index (χ2v) is 5.62. The quantitative estimate of drug-likeness (QED) is 0.840. The number of para-hydroxylation sites is 1. The van der Waals surface area contributed by atoms with E-state index in [1.807, 2.05) is 18.2 Å². The lowest BCUT2D eigenvalue weighted by Crippen LogP contribution is -2.44. The first-order chi connectivity index (χ1) is 9.25. The Labute approximate surface area is 119 Å². The number of nitrogen functional groups attached to an aromatic ring is 1. The summed E-state index contributed by atoms with van der Waals surface area (Å²) in [4.78, 5) is 4.84. The van der Waals surface area contributed by atoms with Crippen molar-refractivity contribution < 1.29 is 4.74 Å². The molecule has 0 amide bonds. The summed E-state index contributed by atoms with van der Waals surface area (Å²) in [5.41, 5.74) is 7.84. The zero-order chi connectivity index (χ0) is 13.2. The molecule has 0 saturated carbocycles. The van der Waals surface area contributed by atoms with Gasteiger partial charge >= 0.3 is 0 Å². The topological polar surface area (TPSA) is 41.7 Å². The molecule has 1 aromatic rings. The van der Waals surface area contributed by atoms with E-state index in [0.717, 1.165) is 55.8 Å². The number of nitrogens with two attached hydrogens (primary N) is 1. The van der Waals surface area contributed by atoms with Gasteiger partial charge in [0.2, 0.25) is 0 Å². The predicted molar refractivity (Wildman–Crippen MR) is 78.9 cm³/mol. The third-order valence-electron chi connectivity index (χ3n) is 4.06. The van der Waals surface area contributed by atoms with Gasteiger partial charge in [-0.15, -0.1) is 0 Å². The molecule has 2 aliphatic heterocycles. The molecule has 2 N–H and O–H groups in total. The van der Waals surface area contributed by atoms with Crippen LogP contribution in [0.4, 0.5) is 11.4 Å². The fourth-order valence-corrected chi connectivity index (χ4v) is 3.35. The van der Waals surface area contributed by atoms with Crippen molar-refractivity contribution in [3.05, 3.63) is 23.2 Å². The van der Waals surface area contributed by atoms with Gasteiger partial charge in [0.1, 0.15) is 0 Å². The van der Waals surface area contributed by atoms with Crippen molar-refractivity contribution in [2.45, 2.75) is 12.5 Å². The lowest BCUT2D eigenvalue weighted by Gasteiger charge is -2.32. The fourth-order valence-electron chi connectivity index (χ4n) is 3.05. The molecule has 0 radical (unpaired) electrons. The molecule has 19 heavy (non-hydrogen) atoms. The Kier molecular flexibility index (Phi) is 3.82. The van der Waals surface area contributed by atoms with Crippen LogP contribution in [-0.2, 0) is 4.74 Å². The van der Waals surface area contributed by atoms with E-state index in [1.54, 1.807) is 0 Å². The summed E-state index contributed by atoms with van der Waals surface area (Å²) < 4.78 is 5.41. The van der Waals surface area contributed by atoms with Crippen LogP contribution in [-0.4, -0.2) is 50.3 Å². The zero-order valence-electron chi connectivity index (χ0n) is 11.0. The summed E-state index contributed by atoms with van der Waals surface area (Å²) in [6.07, 6.45) is 1.17. The lowest BCUT2D eigenvalue weighted by atomic mass is 10.2. The van der Waals surface area contributed by atoms with Crippen LogP contribution >= 0.6 is 11.6 Å². The molecule has 2 saturated heterocycles. The van der Waals surface area contributed by atoms with Gasteiger partial charge in [-0.2, -0.15) is 0 Å². The first-order valence-electron chi connectivity index (χ1n) is 6.86. The van der Waals surface area contributed by atoms with Gasteiger partial charge in [-0.05, 0) is 18.6 Å². The summed E-state index contributed by atoms with van der Waals surface area (Å²) in [5.74, 6) is 0. The maximum Gasteiger partial charge on any atom is 0.0789 e. The van der Waals surface area contributed by atoms with Gasteiger partial charge in [0.15, 0.2) is 0 Å². The highest BCUT2D eigenvalue weighted by Crippen LogP contribution is 2.34. The summed E-state index contributed by atoms with van der Waals surface area (Å²) in [6.45, 7) is 5.81. The highest BCUT2D eigenvalue weighted by atomic mass is 35.5. The van der Waals surface area contributed by atoms with Crippen LogP contribution in [0.1, 0.15) is 6.42 Å². The lowest BCUT2D eigenvalue weighted by molar-refractivity contribution is 0.0209. The van der Waals surface area contributed by atoms with Crippen LogP contribution in [0.25, 0.3) is 0 Å². The number of anilines is 2. The predicted octanol–water partition coefficient (Wildman–Crippen LogP) is 1.83. The molecule has 0 aliphatic carbocycles. The number of halogens is 1. The van der Waals surface area contributed by atoms with Gasteiger partial charge in [-0.1, -0.05) is 17.7 Å². The first kappa shape index (κ1) is 13.0. The molecule has 1 unspecified atom stereocenters. The Morgan fingerprint density at radius 2 is 2.00 bits per heavy atom. The van der Waals surface area contributed by atoms with Crippen LogP contribution in [0.5, 0.6) is 0 Å². The van der Waals surface area contributed by atoms with Crippen molar-refractivity contribution in [2.24, 2.45) is 0 Å². The Hall–Kier alpha value is -0.970. The molecule has 2 fully saturated rings. The Morgan fingerprint density at radius 1 is 1.21 bits per heavy atom. The Morgan fingerprint density at radius 3 is 2.74 bits per heavy atom. The second-order valence-electron chi connectivity index (χ2n) is 5.21. The van der Waals surface area contributed by atoms with Crippen LogP contribution < -0.4 is 10.6 Å². The van der Waals surface area contributed by atoms with Crippen molar-refractivity contribution in [3.8, 4) is 0 Å². The average molecular weight is 282 g/mol. The minimum Gasteiger partial charge on any atom is -0.397 e. The number of ether oxygens (including phenoxy) is 1. The highest BCUT2D eigenvalue weighted by molar-refractivity contribution is 6.34. The minimum atomic E-state index is 0.597. The van der Waals surface area contributed by atoms with E-state index < -0.39 is 0 Å². The average Bonchev–Trinajstić information content (AvgIpc) is 2.89. The van der Waals surface area contributed by atoms with E-state index in [9.17, 15) is 0 Å². The van der Waals surface area contributed by atoms with Gasteiger partial charge in [0.25, 0.3) is 0 Å². The maximum absolute atomic E-state index is 6.29. The van der Waals surface area contributed by atoms with Gasteiger partial charge in [0.05, 0.1) is 29.6 Å². The van der Waals surface area contributed by atoms with E-state index in [-0.39, 0.29) is 0 Å². The smallest absolute Gasteiger partial charge is 0.0789 e. The number of rotatable bonds is 2.